The molecule has 0 saturated carbocycles. The molecule has 2 rings (SSSR count). The number of nitrogens with zero attached hydrogens (tertiary/aromatic N) is 1. The molecule has 7 heteroatoms. The van der Waals surface area contributed by atoms with E-state index < -0.39 is 10.0 Å². The molecule has 0 amide bonds. The van der Waals surface area contributed by atoms with E-state index in [0.717, 1.165) is 35.4 Å². The number of halogens is 1. The summed E-state index contributed by atoms with van der Waals surface area (Å²) in [7, 11) is -1.38. The number of benzene rings is 1. The van der Waals surface area contributed by atoms with Crippen molar-refractivity contribution in [1.82, 2.24) is 4.31 Å². The number of rotatable bonds is 6. The molecule has 1 fully saturated rings. The Labute approximate surface area is 141 Å². The van der Waals surface area contributed by atoms with Crippen molar-refractivity contribution in [2.24, 2.45) is 0 Å². The number of hydrogen-bond donors (Lipinski definition) is 1. The molecule has 1 saturated heterocycles. The van der Waals surface area contributed by atoms with Gasteiger partial charge in [0.25, 0.3) is 0 Å². The van der Waals surface area contributed by atoms with Crippen molar-refractivity contribution in [2.45, 2.75) is 19.9 Å². The molecule has 0 bridgehead atoms. The van der Waals surface area contributed by atoms with E-state index in [9.17, 15) is 8.42 Å². The first-order chi connectivity index (χ1) is 10.5. The Hall–Kier alpha value is -0.630. The second kappa shape index (κ2) is 7.77. The number of methoxy groups -OCH3 is 1. The molecule has 0 unspecified atom stereocenters. The number of sulfonamides is 1. The van der Waals surface area contributed by atoms with Crippen LogP contribution in [0.5, 0.6) is 5.75 Å². The maximum absolute atomic E-state index is 12.1. The molecule has 1 aliphatic heterocycles. The molecule has 0 atom stereocenters. The topological polar surface area (TPSA) is 51.0 Å². The Morgan fingerprint density at radius 2 is 2.00 bits per heavy atom. The van der Waals surface area contributed by atoms with E-state index in [4.69, 9.17) is 4.74 Å². The zero-order chi connectivity index (χ0) is 16.2. The van der Waals surface area contributed by atoms with Gasteiger partial charge in [-0.05, 0) is 24.6 Å². The molecule has 0 aliphatic carbocycles. The van der Waals surface area contributed by atoms with Crippen LogP contribution >= 0.6 is 15.9 Å². The third kappa shape index (κ3) is 4.44. The second-order valence-corrected chi connectivity index (χ2v) is 8.60. The number of quaternary nitrogens is 1. The minimum absolute atomic E-state index is 0.252. The standard InChI is InChI=1S/C15H23BrN2O3S/c1-3-10-22(19,20)18-8-6-17(7-9-18)12-13-11-14(16)4-5-15(13)21-2/h4-5,11H,3,6-10,12H2,1-2H3/p+1. The first kappa shape index (κ1) is 17.7. The van der Waals surface area contributed by atoms with Crippen LogP contribution in [0.2, 0.25) is 0 Å². The molecule has 0 spiro atoms. The fourth-order valence-corrected chi connectivity index (χ4v) is 4.72. The number of hydrogen-bond acceptors (Lipinski definition) is 3. The molecule has 22 heavy (non-hydrogen) atoms. The summed E-state index contributed by atoms with van der Waals surface area (Å²) in [5.74, 6) is 1.14. The summed E-state index contributed by atoms with van der Waals surface area (Å²) in [6, 6.07) is 6.00. The lowest BCUT2D eigenvalue weighted by molar-refractivity contribution is -0.917. The molecule has 1 aliphatic rings. The predicted octanol–water partition coefficient (Wildman–Crippen LogP) is 0.898. The van der Waals surface area contributed by atoms with Gasteiger partial charge < -0.3 is 9.64 Å². The predicted molar refractivity (Wildman–Crippen MR) is 90.7 cm³/mol. The summed E-state index contributed by atoms with van der Waals surface area (Å²) in [6.45, 7) is 5.63. The van der Waals surface area contributed by atoms with Gasteiger partial charge in [-0.15, -0.1) is 0 Å². The van der Waals surface area contributed by atoms with E-state index in [-0.39, 0.29) is 5.75 Å². The van der Waals surface area contributed by atoms with Gasteiger partial charge in [-0.1, -0.05) is 22.9 Å². The number of piperazine rings is 1. The lowest BCUT2D eigenvalue weighted by atomic mass is 10.2. The van der Waals surface area contributed by atoms with E-state index in [1.54, 1.807) is 11.4 Å². The summed E-state index contributed by atoms with van der Waals surface area (Å²) in [5.41, 5.74) is 1.15. The molecule has 0 radical (unpaired) electrons. The quantitative estimate of drug-likeness (QED) is 0.783. The molecule has 0 aromatic heterocycles. The first-order valence-corrected chi connectivity index (χ1v) is 10.00. The van der Waals surface area contributed by atoms with Gasteiger partial charge in [0.1, 0.15) is 12.3 Å². The zero-order valence-corrected chi connectivity index (χ0v) is 15.5. The van der Waals surface area contributed by atoms with Crippen molar-refractivity contribution in [2.75, 3.05) is 39.0 Å². The van der Waals surface area contributed by atoms with Gasteiger partial charge in [0.15, 0.2) is 0 Å². The molecule has 1 aromatic rings. The maximum atomic E-state index is 12.1. The lowest BCUT2D eigenvalue weighted by Gasteiger charge is -2.31. The Morgan fingerprint density at radius 1 is 1.32 bits per heavy atom. The van der Waals surface area contributed by atoms with Crippen molar-refractivity contribution in [3.05, 3.63) is 28.2 Å². The van der Waals surface area contributed by atoms with E-state index in [0.29, 0.717) is 19.5 Å². The average molecular weight is 392 g/mol. The molecular weight excluding hydrogens is 368 g/mol. The Morgan fingerprint density at radius 3 is 2.59 bits per heavy atom. The van der Waals surface area contributed by atoms with Gasteiger partial charge in [0, 0.05) is 10.0 Å². The van der Waals surface area contributed by atoms with Crippen LogP contribution in [0.15, 0.2) is 22.7 Å². The Balaban J connectivity index is 1.97. The van der Waals surface area contributed by atoms with E-state index in [2.05, 4.69) is 22.0 Å². The van der Waals surface area contributed by atoms with Gasteiger partial charge in [-0.3, -0.25) is 0 Å². The monoisotopic (exact) mass is 391 g/mol. The minimum Gasteiger partial charge on any atom is -0.496 e. The van der Waals surface area contributed by atoms with E-state index in [1.165, 1.54) is 4.90 Å². The second-order valence-electron chi connectivity index (χ2n) is 5.60. The van der Waals surface area contributed by atoms with Crippen LogP contribution in [0.25, 0.3) is 0 Å². The van der Waals surface area contributed by atoms with Crippen LogP contribution in [-0.2, 0) is 16.6 Å². The Kier molecular flexibility index (Phi) is 6.26. The highest BCUT2D eigenvalue weighted by Gasteiger charge is 2.28. The summed E-state index contributed by atoms with van der Waals surface area (Å²) in [5, 5.41) is 0. The molecule has 5 nitrogen and oxygen atoms in total. The third-order valence-electron chi connectivity index (χ3n) is 3.97. The zero-order valence-electron chi connectivity index (χ0n) is 13.1. The normalized spacial score (nSPS) is 17.6. The van der Waals surface area contributed by atoms with Crippen LogP contribution in [0, 0.1) is 0 Å². The summed E-state index contributed by atoms with van der Waals surface area (Å²) >= 11 is 3.49. The van der Waals surface area contributed by atoms with Crippen LogP contribution in [0.4, 0.5) is 0 Å². The molecule has 1 aromatic carbocycles. The average Bonchev–Trinajstić information content (AvgIpc) is 2.48. The Bertz CT molecular complexity index is 599. The van der Waals surface area contributed by atoms with Crippen molar-refractivity contribution in [3.63, 3.8) is 0 Å². The van der Waals surface area contributed by atoms with Gasteiger partial charge in [0.05, 0.1) is 39.0 Å². The molecule has 1 N–H and O–H groups in total. The fourth-order valence-electron chi connectivity index (χ4n) is 2.80. The van der Waals surface area contributed by atoms with Gasteiger partial charge in [-0.25, -0.2) is 8.42 Å². The molecule has 124 valence electrons. The first-order valence-electron chi connectivity index (χ1n) is 7.60. The third-order valence-corrected chi connectivity index (χ3v) is 6.54. The number of ether oxygens (including phenoxy) is 1. The fraction of sp³-hybridized carbons (Fsp3) is 0.600. The molecule has 1 heterocycles. The van der Waals surface area contributed by atoms with Crippen LogP contribution in [0.1, 0.15) is 18.9 Å². The van der Waals surface area contributed by atoms with Crippen molar-refractivity contribution < 1.29 is 18.1 Å². The van der Waals surface area contributed by atoms with Crippen molar-refractivity contribution >= 4 is 26.0 Å². The number of nitrogens with one attached hydrogen (secondary N) is 1. The highest BCUT2D eigenvalue weighted by atomic mass is 79.9. The lowest BCUT2D eigenvalue weighted by Crippen LogP contribution is -3.13. The summed E-state index contributed by atoms with van der Waals surface area (Å²) in [4.78, 5) is 1.39. The van der Waals surface area contributed by atoms with E-state index in [1.807, 2.05) is 19.1 Å². The van der Waals surface area contributed by atoms with Crippen LogP contribution in [0.3, 0.4) is 0 Å². The van der Waals surface area contributed by atoms with Crippen molar-refractivity contribution in [1.29, 1.82) is 0 Å². The van der Waals surface area contributed by atoms with Gasteiger partial charge >= 0.3 is 0 Å². The maximum Gasteiger partial charge on any atom is 0.214 e. The summed E-state index contributed by atoms with van der Waals surface area (Å²) < 4.78 is 32.3. The SMILES string of the molecule is CCCS(=O)(=O)N1CC[NH+](Cc2cc(Br)ccc2OC)CC1. The summed E-state index contributed by atoms with van der Waals surface area (Å²) in [6.07, 6.45) is 0.671. The highest BCUT2D eigenvalue weighted by molar-refractivity contribution is 9.10. The van der Waals surface area contributed by atoms with Crippen LogP contribution in [-0.4, -0.2) is 51.8 Å². The van der Waals surface area contributed by atoms with Gasteiger partial charge in [0.2, 0.25) is 10.0 Å². The molecular formula is C15H24BrN2O3S+. The van der Waals surface area contributed by atoms with Crippen LogP contribution < -0.4 is 9.64 Å². The van der Waals surface area contributed by atoms with Crippen molar-refractivity contribution in [3.8, 4) is 5.75 Å². The van der Waals surface area contributed by atoms with Gasteiger partial charge in [-0.2, -0.15) is 4.31 Å². The highest BCUT2D eigenvalue weighted by Crippen LogP contribution is 2.22. The smallest absolute Gasteiger partial charge is 0.214 e. The van der Waals surface area contributed by atoms with E-state index >= 15 is 0 Å². The minimum atomic E-state index is -3.06. The largest absolute Gasteiger partial charge is 0.496 e.